The Bertz CT molecular complexity index is 1330. The van der Waals surface area contributed by atoms with Gasteiger partial charge in [0.2, 0.25) is 0 Å². The molecule has 180 valence electrons. The number of rotatable bonds is 7. The highest BCUT2D eigenvalue weighted by molar-refractivity contribution is 7.09. The van der Waals surface area contributed by atoms with E-state index in [4.69, 9.17) is 14.5 Å². The molecule has 6 nitrogen and oxygen atoms in total. The fourth-order valence-corrected chi connectivity index (χ4v) is 5.35. The highest BCUT2D eigenvalue weighted by Crippen LogP contribution is 2.30. The van der Waals surface area contributed by atoms with E-state index in [-0.39, 0.29) is 5.91 Å². The van der Waals surface area contributed by atoms with Gasteiger partial charge in [-0.2, -0.15) is 0 Å². The van der Waals surface area contributed by atoms with Crippen LogP contribution in [-0.2, 0) is 6.54 Å². The maximum Gasteiger partial charge on any atom is 0.258 e. The summed E-state index contributed by atoms with van der Waals surface area (Å²) in [6, 6.07) is 19.9. The second kappa shape index (κ2) is 10.5. The predicted octanol–water partition coefficient (Wildman–Crippen LogP) is 5.33. The number of benzene rings is 3. The Labute approximate surface area is 209 Å². The predicted molar refractivity (Wildman–Crippen MR) is 140 cm³/mol. The van der Waals surface area contributed by atoms with Crippen molar-refractivity contribution in [2.75, 3.05) is 39.9 Å². The topological polar surface area (TPSA) is 54.9 Å². The van der Waals surface area contributed by atoms with Crippen LogP contribution in [0.1, 0.15) is 22.3 Å². The standard InChI is InChI=1S/C28H29N3O3S/c1-3-34-25-12-11-20-7-4-5-10-23(20)27(25)28(32)31-15-13-30(14-16-31)18-26-29-24(19-35-26)21-8-6-9-22(17-21)33-2/h4-12,17,19H,3,13-16,18H2,1-2H3. The van der Waals surface area contributed by atoms with Crippen molar-refractivity contribution in [1.29, 1.82) is 0 Å². The smallest absolute Gasteiger partial charge is 0.258 e. The second-order valence-corrected chi connectivity index (χ2v) is 9.46. The van der Waals surface area contributed by atoms with Crippen LogP contribution in [0, 0.1) is 0 Å². The molecule has 0 bridgehead atoms. The highest BCUT2D eigenvalue weighted by Gasteiger charge is 2.26. The normalized spacial score (nSPS) is 14.3. The van der Waals surface area contributed by atoms with E-state index < -0.39 is 0 Å². The first-order chi connectivity index (χ1) is 17.2. The summed E-state index contributed by atoms with van der Waals surface area (Å²) < 4.78 is 11.2. The van der Waals surface area contributed by atoms with E-state index in [1.165, 1.54) is 0 Å². The molecule has 1 aliphatic heterocycles. The van der Waals surface area contributed by atoms with Crippen LogP contribution in [0.4, 0.5) is 0 Å². The molecule has 1 aromatic heterocycles. The molecule has 0 radical (unpaired) electrons. The Kier molecular flexibility index (Phi) is 6.97. The molecule has 7 heteroatoms. The molecule has 1 amide bonds. The van der Waals surface area contributed by atoms with Crippen molar-refractivity contribution in [3.05, 3.63) is 76.6 Å². The van der Waals surface area contributed by atoms with Gasteiger partial charge in [-0.1, -0.05) is 42.5 Å². The zero-order chi connectivity index (χ0) is 24.2. The summed E-state index contributed by atoms with van der Waals surface area (Å²) in [6.45, 7) is 6.25. The number of carbonyl (C=O) groups is 1. The molecule has 0 saturated carbocycles. The average molecular weight is 488 g/mol. The third kappa shape index (κ3) is 5.01. The van der Waals surface area contributed by atoms with Crippen LogP contribution >= 0.6 is 11.3 Å². The Balaban J connectivity index is 1.26. The summed E-state index contributed by atoms with van der Waals surface area (Å²) in [5.74, 6) is 1.53. The molecule has 0 N–H and O–H groups in total. The van der Waals surface area contributed by atoms with E-state index in [0.717, 1.165) is 52.4 Å². The Morgan fingerprint density at radius 3 is 2.66 bits per heavy atom. The molecule has 0 spiro atoms. The molecule has 0 unspecified atom stereocenters. The summed E-state index contributed by atoms with van der Waals surface area (Å²) in [6.07, 6.45) is 0. The number of aromatic nitrogens is 1. The third-order valence-corrected chi connectivity index (χ3v) is 7.17. The molecule has 3 aromatic carbocycles. The molecule has 5 rings (SSSR count). The summed E-state index contributed by atoms with van der Waals surface area (Å²) in [5.41, 5.74) is 2.70. The highest BCUT2D eigenvalue weighted by atomic mass is 32.1. The maximum absolute atomic E-state index is 13.6. The minimum absolute atomic E-state index is 0.0412. The lowest BCUT2D eigenvalue weighted by molar-refractivity contribution is 0.0626. The molecule has 1 fully saturated rings. The Hall–Kier alpha value is -3.42. The molecular weight excluding hydrogens is 458 g/mol. The number of hydrogen-bond acceptors (Lipinski definition) is 6. The van der Waals surface area contributed by atoms with Crippen LogP contribution in [-0.4, -0.2) is 60.6 Å². The van der Waals surface area contributed by atoms with Crippen molar-refractivity contribution >= 4 is 28.0 Å². The molecule has 0 aliphatic carbocycles. The molecule has 35 heavy (non-hydrogen) atoms. The van der Waals surface area contributed by atoms with Gasteiger partial charge >= 0.3 is 0 Å². The van der Waals surface area contributed by atoms with Gasteiger partial charge in [0.1, 0.15) is 16.5 Å². The van der Waals surface area contributed by atoms with Crippen LogP contribution in [0.25, 0.3) is 22.0 Å². The summed E-state index contributed by atoms with van der Waals surface area (Å²) in [7, 11) is 1.67. The monoisotopic (exact) mass is 487 g/mol. The van der Waals surface area contributed by atoms with Crippen molar-refractivity contribution in [2.24, 2.45) is 0 Å². The summed E-state index contributed by atoms with van der Waals surface area (Å²) in [5, 5.41) is 5.17. The van der Waals surface area contributed by atoms with Crippen molar-refractivity contribution in [3.8, 4) is 22.8 Å². The van der Waals surface area contributed by atoms with Gasteiger partial charge in [0.05, 0.1) is 31.5 Å². The fraction of sp³-hybridized carbons (Fsp3) is 0.286. The largest absolute Gasteiger partial charge is 0.497 e. The number of thiazole rings is 1. The van der Waals surface area contributed by atoms with Crippen molar-refractivity contribution in [2.45, 2.75) is 13.5 Å². The van der Waals surface area contributed by atoms with Gasteiger partial charge in [0.25, 0.3) is 5.91 Å². The number of methoxy groups -OCH3 is 1. The van der Waals surface area contributed by atoms with Crippen LogP contribution < -0.4 is 9.47 Å². The second-order valence-electron chi connectivity index (χ2n) is 8.52. The maximum atomic E-state index is 13.6. The van der Waals surface area contributed by atoms with Gasteiger partial charge in [-0.15, -0.1) is 11.3 Å². The van der Waals surface area contributed by atoms with Gasteiger partial charge in [-0.05, 0) is 35.9 Å². The van der Waals surface area contributed by atoms with Gasteiger partial charge in [0, 0.05) is 37.1 Å². The van der Waals surface area contributed by atoms with E-state index in [9.17, 15) is 4.79 Å². The zero-order valence-corrected chi connectivity index (χ0v) is 20.9. The first kappa shape index (κ1) is 23.3. The minimum atomic E-state index is 0.0412. The van der Waals surface area contributed by atoms with Crippen LogP contribution in [0.3, 0.4) is 0 Å². The van der Waals surface area contributed by atoms with Crippen molar-refractivity contribution in [1.82, 2.24) is 14.8 Å². The first-order valence-corrected chi connectivity index (χ1v) is 12.8. The molecule has 4 aromatic rings. The summed E-state index contributed by atoms with van der Waals surface area (Å²) in [4.78, 5) is 22.8. The molecule has 0 atom stereocenters. The molecule has 2 heterocycles. The van der Waals surface area contributed by atoms with E-state index in [2.05, 4.69) is 16.3 Å². The van der Waals surface area contributed by atoms with Gasteiger partial charge in [0.15, 0.2) is 0 Å². The van der Waals surface area contributed by atoms with Gasteiger partial charge in [-0.25, -0.2) is 4.98 Å². The lowest BCUT2D eigenvalue weighted by Gasteiger charge is -2.34. The lowest BCUT2D eigenvalue weighted by Crippen LogP contribution is -2.48. The van der Waals surface area contributed by atoms with E-state index in [1.807, 2.05) is 66.4 Å². The number of ether oxygens (including phenoxy) is 2. The van der Waals surface area contributed by atoms with Crippen LogP contribution in [0.15, 0.2) is 66.0 Å². The number of carbonyl (C=O) groups excluding carboxylic acids is 1. The van der Waals surface area contributed by atoms with E-state index in [1.54, 1.807) is 18.4 Å². The van der Waals surface area contributed by atoms with Crippen molar-refractivity contribution < 1.29 is 14.3 Å². The van der Waals surface area contributed by atoms with E-state index >= 15 is 0 Å². The molecule has 1 aliphatic rings. The lowest BCUT2D eigenvalue weighted by atomic mass is 10.0. The van der Waals surface area contributed by atoms with E-state index in [0.29, 0.717) is 31.0 Å². The fourth-order valence-electron chi connectivity index (χ4n) is 4.50. The molecular formula is C28H29N3O3S. The number of nitrogens with zero attached hydrogens (tertiary/aromatic N) is 3. The summed E-state index contributed by atoms with van der Waals surface area (Å²) >= 11 is 1.67. The Morgan fingerprint density at radius 2 is 1.86 bits per heavy atom. The van der Waals surface area contributed by atoms with Gasteiger partial charge < -0.3 is 14.4 Å². The quantitative estimate of drug-likeness (QED) is 0.353. The van der Waals surface area contributed by atoms with Crippen LogP contribution in [0.2, 0.25) is 0 Å². The Morgan fingerprint density at radius 1 is 1.03 bits per heavy atom. The SMILES string of the molecule is CCOc1ccc2ccccc2c1C(=O)N1CCN(Cc2nc(-c3cccc(OC)c3)cs2)CC1. The first-order valence-electron chi connectivity index (χ1n) is 11.9. The number of hydrogen-bond donors (Lipinski definition) is 0. The third-order valence-electron chi connectivity index (χ3n) is 6.34. The zero-order valence-electron chi connectivity index (χ0n) is 20.1. The van der Waals surface area contributed by atoms with Crippen molar-refractivity contribution in [3.63, 3.8) is 0 Å². The average Bonchev–Trinajstić information content (AvgIpc) is 3.37. The number of fused-ring (bicyclic) bond motifs is 1. The van der Waals surface area contributed by atoms with Crippen LogP contribution in [0.5, 0.6) is 11.5 Å². The minimum Gasteiger partial charge on any atom is -0.497 e. The number of amides is 1. The molecule has 1 saturated heterocycles. The van der Waals surface area contributed by atoms with Gasteiger partial charge in [-0.3, -0.25) is 9.69 Å². The number of piperazine rings is 1.